The first kappa shape index (κ1) is 15.9. The van der Waals surface area contributed by atoms with Gasteiger partial charge in [0.15, 0.2) is 0 Å². The van der Waals surface area contributed by atoms with Gasteiger partial charge in [-0.05, 0) is 12.1 Å². The highest BCUT2D eigenvalue weighted by molar-refractivity contribution is 6.05. The Balaban J connectivity index is 1.81. The Kier molecular flexibility index (Phi) is 4.39. The molecule has 0 radical (unpaired) electrons. The zero-order valence-electron chi connectivity index (χ0n) is 12.6. The highest BCUT2D eigenvalue weighted by Crippen LogP contribution is 2.17. The Labute approximate surface area is 136 Å². The minimum atomic E-state index is -1.18. The van der Waals surface area contributed by atoms with Crippen LogP contribution in [0.2, 0.25) is 0 Å². The van der Waals surface area contributed by atoms with Crippen molar-refractivity contribution in [1.82, 2.24) is 10.3 Å². The van der Waals surface area contributed by atoms with Crippen molar-refractivity contribution in [2.45, 2.75) is 6.10 Å². The molecule has 3 aromatic rings. The second-order valence-corrected chi connectivity index (χ2v) is 5.34. The predicted molar refractivity (Wildman–Crippen MR) is 88.3 cm³/mol. The smallest absolute Gasteiger partial charge is 0.252 e. The highest BCUT2D eigenvalue weighted by atomic mass is 19.1. The van der Waals surface area contributed by atoms with Crippen LogP contribution < -0.4 is 10.9 Å². The number of rotatable bonds is 4. The van der Waals surface area contributed by atoms with E-state index < -0.39 is 23.4 Å². The average molecular weight is 326 g/mol. The second-order valence-electron chi connectivity index (χ2n) is 5.34. The lowest BCUT2D eigenvalue weighted by Crippen LogP contribution is -2.29. The maximum absolute atomic E-state index is 13.6. The Morgan fingerprint density at radius 3 is 2.67 bits per heavy atom. The normalized spacial score (nSPS) is 12.1. The third-order valence-corrected chi connectivity index (χ3v) is 3.72. The van der Waals surface area contributed by atoms with Crippen molar-refractivity contribution >= 4 is 16.8 Å². The molecule has 1 unspecified atom stereocenters. The minimum absolute atomic E-state index is 0.105. The van der Waals surface area contributed by atoms with Crippen molar-refractivity contribution in [2.24, 2.45) is 0 Å². The number of halogens is 1. The Bertz CT molecular complexity index is 952. The van der Waals surface area contributed by atoms with Gasteiger partial charge in [0.25, 0.3) is 5.91 Å². The zero-order chi connectivity index (χ0) is 17.1. The van der Waals surface area contributed by atoms with Gasteiger partial charge in [-0.25, -0.2) is 4.39 Å². The van der Waals surface area contributed by atoms with Gasteiger partial charge in [0.1, 0.15) is 5.82 Å². The molecule has 3 N–H and O–H groups in total. The number of para-hydroxylation sites is 1. The summed E-state index contributed by atoms with van der Waals surface area (Å²) in [4.78, 5) is 26.7. The molecule has 0 bridgehead atoms. The molecule has 2 aromatic carbocycles. The summed E-state index contributed by atoms with van der Waals surface area (Å²) in [7, 11) is 0. The number of benzene rings is 2. The standard InChI is InChI=1S/C18H15FN2O3/c19-14-7-3-1-6-12(14)16(22)10-20-18(24)13-9-17(23)21-15-8-4-2-5-11(13)15/h1-9,16,22H,10H2,(H,20,24)(H,21,23). The number of hydrogen-bond donors (Lipinski definition) is 3. The van der Waals surface area contributed by atoms with Crippen molar-refractivity contribution in [3.63, 3.8) is 0 Å². The van der Waals surface area contributed by atoms with E-state index in [0.29, 0.717) is 10.9 Å². The number of aromatic nitrogens is 1. The Hall–Kier alpha value is -2.99. The number of aliphatic hydroxyl groups is 1. The molecule has 0 saturated carbocycles. The molecule has 1 heterocycles. The molecular formula is C18H15FN2O3. The van der Waals surface area contributed by atoms with Crippen LogP contribution in [0.4, 0.5) is 4.39 Å². The lowest BCUT2D eigenvalue weighted by atomic mass is 10.1. The number of carbonyl (C=O) groups excluding carboxylic acids is 1. The van der Waals surface area contributed by atoms with Crippen molar-refractivity contribution < 1.29 is 14.3 Å². The monoisotopic (exact) mass is 326 g/mol. The lowest BCUT2D eigenvalue weighted by molar-refractivity contribution is 0.0915. The molecule has 24 heavy (non-hydrogen) atoms. The van der Waals surface area contributed by atoms with Crippen LogP contribution in [0.5, 0.6) is 0 Å². The zero-order valence-corrected chi connectivity index (χ0v) is 12.6. The average Bonchev–Trinajstić information content (AvgIpc) is 2.59. The van der Waals surface area contributed by atoms with Crippen LogP contribution in [-0.4, -0.2) is 22.5 Å². The molecule has 1 aromatic heterocycles. The fourth-order valence-corrected chi connectivity index (χ4v) is 2.53. The van der Waals surface area contributed by atoms with Gasteiger partial charge in [0, 0.05) is 29.1 Å². The SMILES string of the molecule is O=C(NCC(O)c1ccccc1F)c1cc(=O)[nH]c2ccccc12. The summed E-state index contributed by atoms with van der Waals surface area (Å²) in [5.74, 6) is -1.05. The molecule has 0 saturated heterocycles. The van der Waals surface area contributed by atoms with Gasteiger partial charge in [-0.15, -0.1) is 0 Å². The van der Waals surface area contributed by atoms with Crippen molar-refractivity contribution in [2.75, 3.05) is 6.54 Å². The Morgan fingerprint density at radius 2 is 1.88 bits per heavy atom. The summed E-state index contributed by atoms with van der Waals surface area (Å²) in [5, 5.41) is 13.2. The topological polar surface area (TPSA) is 82.2 Å². The Morgan fingerprint density at radius 1 is 1.17 bits per heavy atom. The van der Waals surface area contributed by atoms with E-state index in [9.17, 15) is 19.1 Å². The summed E-state index contributed by atoms with van der Waals surface area (Å²) < 4.78 is 13.6. The van der Waals surface area contributed by atoms with Crippen molar-refractivity contribution in [3.05, 3.63) is 81.9 Å². The second kappa shape index (κ2) is 6.64. The maximum Gasteiger partial charge on any atom is 0.252 e. The third kappa shape index (κ3) is 3.18. The summed E-state index contributed by atoms with van der Waals surface area (Å²) >= 11 is 0. The van der Waals surface area contributed by atoms with E-state index >= 15 is 0 Å². The lowest BCUT2D eigenvalue weighted by Gasteiger charge is -2.13. The van der Waals surface area contributed by atoms with E-state index in [2.05, 4.69) is 10.3 Å². The number of H-pyrrole nitrogens is 1. The summed E-state index contributed by atoms with van der Waals surface area (Å²) in [5.41, 5.74) is 0.460. The number of hydrogen-bond acceptors (Lipinski definition) is 3. The summed E-state index contributed by atoms with van der Waals surface area (Å²) in [6, 6.07) is 13.9. The fraction of sp³-hybridized carbons (Fsp3) is 0.111. The molecule has 0 fully saturated rings. The van der Waals surface area contributed by atoms with Gasteiger partial charge in [-0.3, -0.25) is 9.59 Å². The van der Waals surface area contributed by atoms with Crippen LogP contribution in [0.3, 0.4) is 0 Å². The molecule has 3 rings (SSSR count). The number of carbonyl (C=O) groups is 1. The van der Waals surface area contributed by atoms with Gasteiger partial charge in [-0.2, -0.15) is 0 Å². The number of aliphatic hydroxyl groups excluding tert-OH is 1. The van der Waals surface area contributed by atoms with E-state index in [1.165, 1.54) is 24.3 Å². The van der Waals surface area contributed by atoms with Crippen LogP contribution in [-0.2, 0) is 0 Å². The van der Waals surface area contributed by atoms with E-state index in [0.717, 1.165) is 0 Å². The van der Waals surface area contributed by atoms with Crippen molar-refractivity contribution in [3.8, 4) is 0 Å². The van der Waals surface area contributed by atoms with E-state index in [4.69, 9.17) is 0 Å². The molecule has 0 aliphatic carbocycles. The van der Waals surface area contributed by atoms with E-state index in [-0.39, 0.29) is 17.7 Å². The summed E-state index contributed by atoms with van der Waals surface area (Å²) in [6.45, 7) is -0.166. The van der Waals surface area contributed by atoms with E-state index in [1.807, 2.05) is 0 Å². The quantitative estimate of drug-likeness (QED) is 0.687. The summed E-state index contributed by atoms with van der Waals surface area (Å²) in [6.07, 6.45) is -1.18. The first-order valence-electron chi connectivity index (χ1n) is 7.39. The van der Waals surface area contributed by atoms with Gasteiger partial charge in [-0.1, -0.05) is 36.4 Å². The third-order valence-electron chi connectivity index (χ3n) is 3.72. The number of fused-ring (bicyclic) bond motifs is 1. The van der Waals surface area contributed by atoms with Gasteiger partial charge in [0.05, 0.1) is 11.7 Å². The molecule has 0 aliphatic heterocycles. The molecular weight excluding hydrogens is 311 g/mol. The van der Waals surface area contributed by atoms with Gasteiger partial charge < -0.3 is 15.4 Å². The van der Waals surface area contributed by atoms with Crippen LogP contribution in [0.15, 0.2) is 59.4 Å². The molecule has 5 nitrogen and oxygen atoms in total. The van der Waals surface area contributed by atoms with Crippen LogP contribution in [0.1, 0.15) is 22.0 Å². The maximum atomic E-state index is 13.6. The first-order valence-corrected chi connectivity index (χ1v) is 7.39. The molecule has 1 atom stereocenters. The predicted octanol–water partition coefficient (Wildman–Crippen LogP) is 2.13. The number of pyridine rings is 1. The van der Waals surface area contributed by atoms with Gasteiger partial charge >= 0.3 is 0 Å². The molecule has 6 heteroatoms. The fourth-order valence-electron chi connectivity index (χ4n) is 2.53. The van der Waals surface area contributed by atoms with Crippen LogP contribution in [0.25, 0.3) is 10.9 Å². The van der Waals surface area contributed by atoms with Crippen molar-refractivity contribution in [1.29, 1.82) is 0 Å². The minimum Gasteiger partial charge on any atom is -0.386 e. The van der Waals surface area contributed by atoms with Gasteiger partial charge in [0.2, 0.25) is 5.56 Å². The van der Waals surface area contributed by atoms with E-state index in [1.54, 1.807) is 30.3 Å². The molecule has 0 spiro atoms. The first-order chi connectivity index (χ1) is 11.6. The van der Waals surface area contributed by atoms with Crippen LogP contribution in [0, 0.1) is 5.82 Å². The molecule has 0 aliphatic rings. The molecule has 1 amide bonds. The number of nitrogens with one attached hydrogen (secondary N) is 2. The molecule has 122 valence electrons. The number of amides is 1. The largest absolute Gasteiger partial charge is 0.386 e. The van der Waals surface area contributed by atoms with Crippen LogP contribution >= 0.6 is 0 Å². The highest BCUT2D eigenvalue weighted by Gasteiger charge is 2.16. The number of aromatic amines is 1.